The lowest BCUT2D eigenvalue weighted by molar-refractivity contribution is -0.118. The second-order valence-electron chi connectivity index (χ2n) is 9.73. The Morgan fingerprint density at radius 3 is 2.36 bits per heavy atom. The van der Waals surface area contributed by atoms with Crippen LogP contribution in [0, 0.1) is 19.7 Å². The number of anilines is 1. The molecule has 2 heterocycles. The third kappa shape index (κ3) is 7.73. The number of aryl methyl sites for hydroxylation is 2. The summed E-state index contributed by atoms with van der Waals surface area (Å²) in [7, 11) is 0. The summed E-state index contributed by atoms with van der Waals surface area (Å²) in [5, 5.41) is 6.79. The third-order valence-corrected chi connectivity index (χ3v) is 6.75. The summed E-state index contributed by atoms with van der Waals surface area (Å²) in [4.78, 5) is 24.6. The minimum Gasteiger partial charge on any atom is -0.486 e. The molecule has 44 heavy (non-hydrogen) atoms. The number of ether oxygens (including phenoxy) is 2. The summed E-state index contributed by atoms with van der Waals surface area (Å²) in [6, 6.07) is 25.3. The van der Waals surface area contributed by atoms with E-state index in [1.165, 1.54) is 30.5 Å². The Morgan fingerprint density at radius 1 is 0.932 bits per heavy atom. The third-order valence-electron chi connectivity index (χ3n) is 6.46. The fourth-order valence-corrected chi connectivity index (χ4v) is 4.55. The van der Waals surface area contributed by atoms with Gasteiger partial charge in [0.25, 0.3) is 5.91 Å². The van der Waals surface area contributed by atoms with Gasteiger partial charge in [0.2, 0.25) is 0 Å². The quantitative estimate of drug-likeness (QED) is 0.125. The van der Waals surface area contributed by atoms with Crippen LogP contribution in [0.5, 0.6) is 11.5 Å². The number of carbonyl (C=O) groups is 2. The maximum Gasteiger partial charge on any atom is 0.307 e. The topological polar surface area (TPSA) is 107 Å². The molecule has 9 nitrogen and oxygen atoms in total. The Morgan fingerprint density at radius 2 is 1.66 bits per heavy atom. The lowest BCUT2D eigenvalue weighted by Crippen LogP contribution is -2.20. The zero-order valence-corrected chi connectivity index (χ0v) is 24.6. The number of aromatic nitrogens is 1. The first-order chi connectivity index (χ1) is 21.2. The number of nitrogens with one attached hydrogen (secondary N) is 2. The largest absolute Gasteiger partial charge is 0.486 e. The van der Waals surface area contributed by atoms with Crippen molar-refractivity contribution in [1.29, 1.82) is 0 Å². The van der Waals surface area contributed by atoms with Crippen molar-refractivity contribution < 1.29 is 27.9 Å². The van der Waals surface area contributed by atoms with Crippen LogP contribution in [0.25, 0.3) is 5.69 Å². The Kier molecular flexibility index (Phi) is 9.41. The van der Waals surface area contributed by atoms with E-state index in [0.717, 1.165) is 17.1 Å². The monoisotopic (exact) mass is 614 g/mol. The molecular weight excluding hydrogens is 587 g/mol. The summed E-state index contributed by atoms with van der Waals surface area (Å²) in [6.45, 7) is 3.97. The van der Waals surface area contributed by atoms with Gasteiger partial charge in [-0.1, -0.05) is 11.6 Å². The molecule has 2 aromatic heterocycles. The smallest absolute Gasteiger partial charge is 0.307 e. The zero-order valence-electron chi connectivity index (χ0n) is 23.8. The van der Waals surface area contributed by atoms with Gasteiger partial charge >= 0.3 is 5.91 Å². The fourth-order valence-electron chi connectivity index (χ4n) is 4.31. The Bertz CT molecular complexity index is 1780. The van der Waals surface area contributed by atoms with E-state index in [-0.39, 0.29) is 29.7 Å². The van der Waals surface area contributed by atoms with E-state index >= 15 is 0 Å². The van der Waals surface area contributed by atoms with Crippen molar-refractivity contribution >= 4 is 35.3 Å². The predicted octanol–water partition coefficient (Wildman–Crippen LogP) is 6.84. The molecule has 0 spiro atoms. The molecule has 2 N–H and O–H groups in total. The molecule has 0 fully saturated rings. The summed E-state index contributed by atoms with van der Waals surface area (Å²) in [6.07, 6.45) is 1.40. The van der Waals surface area contributed by atoms with Gasteiger partial charge in [-0.2, -0.15) is 5.10 Å². The van der Waals surface area contributed by atoms with Crippen molar-refractivity contribution in [2.45, 2.75) is 20.5 Å². The number of furan rings is 1. The molecule has 0 saturated heterocycles. The Balaban J connectivity index is 1.07. The van der Waals surface area contributed by atoms with E-state index in [1.807, 2.05) is 24.3 Å². The van der Waals surface area contributed by atoms with Crippen molar-refractivity contribution in [3.8, 4) is 17.2 Å². The number of rotatable bonds is 11. The number of hydrogen-bond acceptors (Lipinski definition) is 6. The fraction of sp³-hybridized carbons (Fsp3) is 0.121. The van der Waals surface area contributed by atoms with Crippen molar-refractivity contribution in [1.82, 2.24) is 9.99 Å². The maximum absolute atomic E-state index is 13.0. The maximum atomic E-state index is 13.0. The van der Waals surface area contributed by atoms with Crippen molar-refractivity contribution in [2.75, 3.05) is 11.9 Å². The highest BCUT2D eigenvalue weighted by Gasteiger charge is 2.12. The van der Waals surface area contributed by atoms with Crippen molar-refractivity contribution in [3.05, 3.63) is 130 Å². The van der Waals surface area contributed by atoms with Gasteiger partial charge in [0.05, 0.1) is 11.2 Å². The first kappa shape index (κ1) is 30.1. The van der Waals surface area contributed by atoms with Crippen LogP contribution in [0.15, 0.2) is 101 Å². The van der Waals surface area contributed by atoms with Crippen LogP contribution in [0.3, 0.4) is 0 Å². The van der Waals surface area contributed by atoms with Gasteiger partial charge in [-0.3, -0.25) is 9.59 Å². The van der Waals surface area contributed by atoms with Gasteiger partial charge in [0.15, 0.2) is 12.4 Å². The van der Waals surface area contributed by atoms with Crippen LogP contribution in [0.2, 0.25) is 5.02 Å². The number of benzene rings is 3. The van der Waals surface area contributed by atoms with E-state index in [0.29, 0.717) is 22.8 Å². The van der Waals surface area contributed by atoms with Gasteiger partial charge in [0, 0.05) is 22.8 Å². The van der Waals surface area contributed by atoms with Crippen LogP contribution in [0.4, 0.5) is 10.1 Å². The summed E-state index contributed by atoms with van der Waals surface area (Å²) in [5.41, 5.74) is 6.78. The van der Waals surface area contributed by atoms with E-state index in [1.54, 1.807) is 30.3 Å². The molecule has 0 bridgehead atoms. The van der Waals surface area contributed by atoms with E-state index in [4.69, 9.17) is 25.5 Å². The molecule has 0 saturated carbocycles. The lowest BCUT2D eigenvalue weighted by Gasteiger charge is -2.10. The number of amides is 2. The van der Waals surface area contributed by atoms with Gasteiger partial charge in [-0.05, 0) is 110 Å². The molecule has 0 aliphatic carbocycles. The molecule has 5 rings (SSSR count). The number of hydrogen-bond donors (Lipinski definition) is 2. The van der Waals surface area contributed by atoms with E-state index in [2.05, 4.69) is 46.4 Å². The normalized spacial score (nSPS) is 11.0. The first-order valence-corrected chi connectivity index (χ1v) is 13.9. The van der Waals surface area contributed by atoms with Crippen molar-refractivity contribution in [3.63, 3.8) is 0 Å². The Hall–Kier alpha value is -5.35. The second-order valence-corrected chi connectivity index (χ2v) is 10.1. The molecule has 2 amide bonds. The molecule has 0 radical (unpaired) electrons. The lowest BCUT2D eigenvalue weighted by atomic mass is 10.2. The SMILES string of the molecule is Cc1ccc(C)n1-c1ccc(OCc2ccc(C(=O)N/N=C/c3ccc(OCC(=O)Nc4ccc(F)cc4)c(Cl)c3)o2)cc1. The molecule has 0 aliphatic heterocycles. The number of nitrogens with zero attached hydrogens (tertiary/aromatic N) is 2. The summed E-state index contributed by atoms with van der Waals surface area (Å²) < 4.78 is 32.1. The second kappa shape index (κ2) is 13.7. The minimum atomic E-state index is -0.535. The van der Waals surface area contributed by atoms with E-state index in [9.17, 15) is 14.0 Å². The molecule has 0 unspecified atom stereocenters. The van der Waals surface area contributed by atoms with Gasteiger partial charge in [-0.15, -0.1) is 0 Å². The van der Waals surface area contributed by atoms with Crippen LogP contribution in [-0.4, -0.2) is 29.2 Å². The van der Waals surface area contributed by atoms with Crippen LogP contribution >= 0.6 is 11.6 Å². The molecule has 11 heteroatoms. The van der Waals surface area contributed by atoms with Crippen LogP contribution in [-0.2, 0) is 11.4 Å². The highest BCUT2D eigenvalue weighted by molar-refractivity contribution is 6.32. The molecular formula is C33H28ClFN4O5. The average Bonchev–Trinajstić information content (AvgIpc) is 3.63. The van der Waals surface area contributed by atoms with Crippen LogP contribution in [0.1, 0.15) is 33.3 Å². The molecule has 5 aromatic rings. The van der Waals surface area contributed by atoms with Crippen molar-refractivity contribution in [2.24, 2.45) is 5.10 Å². The molecule has 0 atom stereocenters. The average molecular weight is 615 g/mol. The number of carbonyl (C=O) groups excluding carboxylic acids is 2. The number of halogens is 2. The standard InChI is InChI=1S/C33H28ClFN4O5/c1-21-3-4-22(2)39(21)26-10-12-27(13-11-26)42-19-28-14-16-31(44-28)33(41)38-36-18-23-5-15-30(29(34)17-23)43-20-32(40)37-25-8-6-24(35)7-9-25/h3-18H,19-20H2,1-2H3,(H,37,40)(H,38,41)/b36-18+. The summed E-state index contributed by atoms with van der Waals surface area (Å²) >= 11 is 6.27. The number of hydrazone groups is 1. The summed E-state index contributed by atoms with van der Waals surface area (Å²) in [5.74, 6) is 0.154. The van der Waals surface area contributed by atoms with Crippen LogP contribution < -0.4 is 20.2 Å². The molecule has 0 aliphatic rings. The molecule has 3 aromatic carbocycles. The van der Waals surface area contributed by atoms with Gasteiger partial charge in [0.1, 0.15) is 29.7 Å². The Labute approximate surface area is 257 Å². The molecule has 224 valence electrons. The van der Waals surface area contributed by atoms with E-state index < -0.39 is 17.6 Å². The van der Waals surface area contributed by atoms with Gasteiger partial charge in [-0.25, -0.2) is 9.82 Å². The highest BCUT2D eigenvalue weighted by atomic mass is 35.5. The minimum absolute atomic E-state index is 0.0790. The zero-order chi connectivity index (χ0) is 31.1. The predicted molar refractivity (Wildman–Crippen MR) is 165 cm³/mol. The first-order valence-electron chi connectivity index (χ1n) is 13.5. The van der Waals surface area contributed by atoms with Gasteiger partial charge < -0.3 is 23.8 Å². The highest BCUT2D eigenvalue weighted by Crippen LogP contribution is 2.25.